The fraction of sp³-hybridized carbons (Fsp3) is 0.500. The van der Waals surface area contributed by atoms with Crippen molar-refractivity contribution in [3.63, 3.8) is 0 Å². The molecule has 0 aromatic carbocycles. The molecule has 0 aliphatic carbocycles. The van der Waals surface area contributed by atoms with E-state index >= 15 is 0 Å². The van der Waals surface area contributed by atoms with Crippen LogP contribution in [0.2, 0.25) is 0 Å². The molecule has 1 unspecified atom stereocenters. The summed E-state index contributed by atoms with van der Waals surface area (Å²) >= 11 is 0. The molecule has 1 saturated heterocycles. The van der Waals surface area contributed by atoms with Crippen LogP contribution in [0.3, 0.4) is 0 Å². The van der Waals surface area contributed by atoms with Gasteiger partial charge in [-0.25, -0.2) is 4.98 Å². The lowest BCUT2D eigenvalue weighted by atomic mass is 10.1. The van der Waals surface area contributed by atoms with Crippen molar-refractivity contribution >= 4 is 5.91 Å². The smallest absolute Gasteiger partial charge is 0.263 e. The number of aromatic nitrogens is 1. The number of rotatable bonds is 6. The van der Waals surface area contributed by atoms with Gasteiger partial charge in [0.25, 0.3) is 5.89 Å². The van der Waals surface area contributed by atoms with Crippen LogP contribution in [0.15, 0.2) is 27.2 Å². The molecule has 1 aliphatic rings. The van der Waals surface area contributed by atoms with Crippen molar-refractivity contribution in [2.75, 3.05) is 19.6 Å². The van der Waals surface area contributed by atoms with Crippen molar-refractivity contribution < 1.29 is 13.6 Å². The largest absolute Gasteiger partial charge is 0.459 e. The Kier molecular flexibility index (Phi) is 4.58. The summed E-state index contributed by atoms with van der Waals surface area (Å²) in [6.07, 6.45) is 4.02. The van der Waals surface area contributed by atoms with Crippen LogP contribution < -0.4 is 10.6 Å². The van der Waals surface area contributed by atoms with Gasteiger partial charge in [0.05, 0.1) is 18.4 Å². The summed E-state index contributed by atoms with van der Waals surface area (Å²) in [5.74, 6) is 2.31. The first-order valence-corrected chi connectivity index (χ1v) is 7.70. The number of aryl methyl sites for hydroxylation is 1. The number of hydrogen-bond acceptors (Lipinski definition) is 5. The molecule has 1 aliphatic heterocycles. The van der Waals surface area contributed by atoms with E-state index in [1.54, 1.807) is 18.4 Å². The molecule has 22 heavy (non-hydrogen) atoms. The average Bonchev–Trinajstić information content (AvgIpc) is 3.21. The van der Waals surface area contributed by atoms with E-state index in [2.05, 4.69) is 15.6 Å². The van der Waals surface area contributed by atoms with E-state index in [0.717, 1.165) is 19.5 Å². The van der Waals surface area contributed by atoms with Crippen LogP contribution in [0.5, 0.6) is 0 Å². The second-order valence-electron chi connectivity index (χ2n) is 5.67. The molecule has 118 valence electrons. The summed E-state index contributed by atoms with van der Waals surface area (Å²) in [5.41, 5.74) is 0.659. The number of carbonyl (C=O) groups is 1. The molecular weight excluding hydrogens is 282 g/mol. The number of hydrogen-bond donors (Lipinski definition) is 2. The third-order valence-electron chi connectivity index (χ3n) is 3.99. The number of amides is 1. The lowest BCUT2D eigenvalue weighted by Gasteiger charge is -2.08. The second kappa shape index (κ2) is 6.79. The fourth-order valence-corrected chi connectivity index (χ4v) is 2.69. The van der Waals surface area contributed by atoms with Crippen molar-refractivity contribution in [1.29, 1.82) is 0 Å². The molecule has 1 fully saturated rings. The number of oxazole rings is 1. The zero-order valence-electron chi connectivity index (χ0n) is 12.7. The molecule has 1 atom stereocenters. The summed E-state index contributed by atoms with van der Waals surface area (Å²) in [4.78, 5) is 16.3. The van der Waals surface area contributed by atoms with Gasteiger partial charge in [0.2, 0.25) is 5.91 Å². The molecule has 2 N–H and O–H groups in total. The van der Waals surface area contributed by atoms with Gasteiger partial charge in [-0.05, 0) is 50.9 Å². The third-order valence-corrected chi connectivity index (χ3v) is 3.99. The Morgan fingerprint density at radius 2 is 2.45 bits per heavy atom. The summed E-state index contributed by atoms with van der Waals surface area (Å²) in [6.45, 7) is 4.68. The maximum atomic E-state index is 12.0. The van der Waals surface area contributed by atoms with Gasteiger partial charge >= 0.3 is 0 Å². The van der Waals surface area contributed by atoms with Crippen molar-refractivity contribution in [2.45, 2.75) is 26.2 Å². The minimum atomic E-state index is -0.0200. The van der Waals surface area contributed by atoms with Crippen molar-refractivity contribution in [3.8, 4) is 11.7 Å². The first-order valence-electron chi connectivity index (χ1n) is 7.70. The minimum absolute atomic E-state index is 0.0200. The Hall–Kier alpha value is -2.08. The Morgan fingerprint density at radius 1 is 1.55 bits per heavy atom. The van der Waals surface area contributed by atoms with Gasteiger partial charge in [0.1, 0.15) is 5.76 Å². The lowest BCUT2D eigenvalue weighted by molar-refractivity contribution is -0.120. The van der Waals surface area contributed by atoms with Crippen LogP contribution in [-0.2, 0) is 11.2 Å². The Labute approximate surface area is 129 Å². The normalized spacial score (nSPS) is 17.8. The first kappa shape index (κ1) is 14.8. The van der Waals surface area contributed by atoms with Gasteiger partial charge in [0.15, 0.2) is 5.76 Å². The molecule has 0 bridgehead atoms. The maximum Gasteiger partial charge on any atom is 0.263 e. The average molecular weight is 303 g/mol. The van der Waals surface area contributed by atoms with Gasteiger partial charge < -0.3 is 19.5 Å². The van der Waals surface area contributed by atoms with E-state index in [1.165, 1.54) is 6.42 Å². The highest BCUT2D eigenvalue weighted by atomic mass is 16.4. The number of nitrogens with zero attached hydrogens (tertiary/aromatic N) is 1. The van der Waals surface area contributed by atoms with Crippen molar-refractivity contribution in [3.05, 3.63) is 29.9 Å². The standard InChI is InChI=1S/C16H21N3O3/c1-11-13(19-16(22-11)14-3-2-8-21-14)9-15(20)18-7-5-12-4-6-17-10-12/h2-3,8,12,17H,4-7,9-10H2,1H3,(H,18,20). The van der Waals surface area contributed by atoms with Crippen LogP contribution in [0, 0.1) is 12.8 Å². The molecule has 2 aromatic rings. The summed E-state index contributed by atoms with van der Waals surface area (Å²) in [6, 6.07) is 3.56. The van der Waals surface area contributed by atoms with Gasteiger partial charge in [-0.15, -0.1) is 0 Å². The molecule has 1 amide bonds. The van der Waals surface area contributed by atoms with Crippen molar-refractivity contribution in [2.24, 2.45) is 5.92 Å². The zero-order chi connectivity index (χ0) is 15.4. The fourth-order valence-electron chi connectivity index (χ4n) is 2.69. The molecule has 0 radical (unpaired) electrons. The molecule has 0 spiro atoms. The van der Waals surface area contributed by atoms with Gasteiger partial charge in [-0.3, -0.25) is 4.79 Å². The van der Waals surface area contributed by atoms with E-state index in [0.29, 0.717) is 35.6 Å². The van der Waals surface area contributed by atoms with Crippen molar-refractivity contribution in [1.82, 2.24) is 15.6 Å². The Balaban J connectivity index is 1.50. The Bertz CT molecular complexity index is 613. The number of carbonyl (C=O) groups excluding carboxylic acids is 1. The highest BCUT2D eigenvalue weighted by Gasteiger charge is 2.17. The van der Waals surface area contributed by atoms with Gasteiger partial charge in [-0.1, -0.05) is 0 Å². The summed E-state index contributed by atoms with van der Waals surface area (Å²) < 4.78 is 10.8. The minimum Gasteiger partial charge on any atom is -0.459 e. The van der Waals surface area contributed by atoms with Gasteiger partial charge in [-0.2, -0.15) is 0 Å². The summed E-state index contributed by atoms with van der Waals surface area (Å²) in [5, 5.41) is 6.29. The van der Waals surface area contributed by atoms with E-state index in [-0.39, 0.29) is 12.3 Å². The van der Waals surface area contributed by atoms with Crippen LogP contribution >= 0.6 is 0 Å². The monoisotopic (exact) mass is 303 g/mol. The van der Waals surface area contributed by atoms with E-state index in [9.17, 15) is 4.79 Å². The predicted molar refractivity (Wildman–Crippen MR) is 81.2 cm³/mol. The first-order chi connectivity index (χ1) is 10.7. The molecule has 6 nitrogen and oxygen atoms in total. The topological polar surface area (TPSA) is 80.3 Å². The van der Waals surface area contributed by atoms with Crippen LogP contribution in [0.25, 0.3) is 11.7 Å². The SMILES string of the molecule is Cc1oc(-c2ccco2)nc1CC(=O)NCCC1CCNC1. The predicted octanol–water partition coefficient (Wildman–Crippen LogP) is 1.90. The highest BCUT2D eigenvalue weighted by Crippen LogP contribution is 2.22. The van der Waals surface area contributed by atoms with E-state index in [1.807, 2.05) is 6.92 Å². The van der Waals surface area contributed by atoms with Crippen LogP contribution in [-0.4, -0.2) is 30.5 Å². The van der Waals surface area contributed by atoms with Crippen LogP contribution in [0.4, 0.5) is 0 Å². The highest BCUT2D eigenvalue weighted by molar-refractivity contribution is 5.78. The molecule has 0 saturated carbocycles. The number of nitrogens with one attached hydrogen (secondary N) is 2. The van der Waals surface area contributed by atoms with E-state index in [4.69, 9.17) is 8.83 Å². The molecule has 3 heterocycles. The number of furan rings is 1. The maximum absolute atomic E-state index is 12.0. The molecular formula is C16H21N3O3. The summed E-state index contributed by atoms with van der Waals surface area (Å²) in [7, 11) is 0. The molecule has 2 aromatic heterocycles. The molecule has 3 rings (SSSR count). The third kappa shape index (κ3) is 3.57. The lowest BCUT2D eigenvalue weighted by Crippen LogP contribution is -2.28. The van der Waals surface area contributed by atoms with Gasteiger partial charge in [0, 0.05) is 6.54 Å². The van der Waals surface area contributed by atoms with E-state index < -0.39 is 0 Å². The second-order valence-corrected chi connectivity index (χ2v) is 5.67. The molecule has 6 heteroatoms. The zero-order valence-corrected chi connectivity index (χ0v) is 12.7. The Morgan fingerprint density at radius 3 is 3.18 bits per heavy atom. The quantitative estimate of drug-likeness (QED) is 0.852. The van der Waals surface area contributed by atoms with Crippen LogP contribution in [0.1, 0.15) is 24.3 Å².